The lowest BCUT2D eigenvalue weighted by Crippen LogP contribution is -2.41. The molecule has 0 spiro atoms. The van der Waals surface area contributed by atoms with Crippen LogP contribution in [0.3, 0.4) is 0 Å². The van der Waals surface area contributed by atoms with Crippen LogP contribution in [0.2, 0.25) is 0 Å². The molecule has 120 valence electrons. The average Bonchev–Trinajstić information content (AvgIpc) is 3.12. The Morgan fingerprint density at radius 2 is 2.32 bits per heavy atom. The topological polar surface area (TPSA) is 102 Å². The third-order valence-corrected chi connectivity index (χ3v) is 4.38. The van der Waals surface area contributed by atoms with E-state index in [-0.39, 0.29) is 11.8 Å². The molecule has 1 aliphatic heterocycles. The molecule has 0 saturated carbocycles. The van der Waals surface area contributed by atoms with Crippen molar-refractivity contribution in [3.8, 4) is 0 Å². The Morgan fingerprint density at radius 1 is 1.55 bits per heavy atom. The first kappa shape index (κ1) is 16.4. The SMILES string of the molecule is COC(=O)c1ccsc1N1CCC(NC(=O)CCCN)C1=O. The molecule has 1 unspecified atom stereocenters. The van der Waals surface area contributed by atoms with Crippen molar-refractivity contribution in [3.05, 3.63) is 17.0 Å². The van der Waals surface area contributed by atoms with E-state index < -0.39 is 12.0 Å². The fourth-order valence-corrected chi connectivity index (χ4v) is 3.24. The van der Waals surface area contributed by atoms with Crippen molar-refractivity contribution in [1.82, 2.24) is 5.32 Å². The summed E-state index contributed by atoms with van der Waals surface area (Å²) >= 11 is 1.30. The molecule has 22 heavy (non-hydrogen) atoms. The molecule has 8 heteroatoms. The van der Waals surface area contributed by atoms with Crippen molar-refractivity contribution < 1.29 is 19.1 Å². The number of ether oxygens (including phenoxy) is 1. The highest BCUT2D eigenvalue weighted by atomic mass is 32.1. The van der Waals surface area contributed by atoms with Gasteiger partial charge in [-0.2, -0.15) is 0 Å². The van der Waals surface area contributed by atoms with Crippen molar-refractivity contribution in [2.75, 3.05) is 25.1 Å². The Kier molecular flexibility index (Phi) is 5.51. The maximum atomic E-state index is 12.4. The van der Waals surface area contributed by atoms with Gasteiger partial charge in [-0.1, -0.05) is 0 Å². The summed E-state index contributed by atoms with van der Waals surface area (Å²) in [6, 6.07) is 1.09. The molecule has 7 nitrogen and oxygen atoms in total. The van der Waals surface area contributed by atoms with Crippen molar-refractivity contribution in [3.63, 3.8) is 0 Å². The zero-order valence-corrected chi connectivity index (χ0v) is 13.1. The maximum Gasteiger partial charge on any atom is 0.340 e. The lowest BCUT2D eigenvalue weighted by molar-refractivity contribution is -0.126. The van der Waals surface area contributed by atoms with Gasteiger partial charge in [-0.15, -0.1) is 11.3 Å². The Labute approximate surface area is 132 Å². The number of rotatable bonds is 6. The largest absolute Gasteiger partial charge is 0.465 e. The van der Waals surface area contributed by atoms with Crippen molar-refractivity contribution in [2.24, 2.45) is 5.73 Å². The normalized spacial score (nSPS) is 17.6. The van der Waals surface area contributed by atoms with Gasteiger partial charge < -0.3 is 20.7 Å². The minimum Gasteiger partial charge on any atom is -0.465 e. The molecule has 1 aliphatic rings. The number of carbonyl (C=O) groups excluding carboxylic acids is 3. The van der Waals surface area contributed by atoms with Crippen LogP contribution in [-0.4, -0.2) is 44.0 Å². The average molecular weight is 325 g/mol. The van der Waals surface area contributed by atoms with Crippen LogP contribution in [0.5, 0.6) is 0 Å². The summed E-state index contributed by atoms with van der Waals surface area (Å²) in [5.74, 6) is -0.849. The summed E-state index contributed by atoms with van der Waals surface area (Å²) in [4.78, 5) is 37.4. The summed E-state index contributed by atoms with van der Waals surface area (Å²) in [6.07, 6.45) is 1.42. The molecule has 3 N–H and O–H groups in total. The summed E-state index contributed by atoms with van der Waals surface area (Å²) < 4.78 is 4.71. The van der Waals surface area contributed by atoms with Crippen LogP contribution in [0.4, 0.5) is 5.00 Å². The smallest absolute Gasteiger partial charge is 0.340 e. The number of esters is 1. The molecule has 0 aliphatic carbocycles. The van der Waals surface area contributed by atoms with E-state index >= 15 is 0 Å². The summed E-state index contributed by atoms with van der Waals surface area (Å²) in [5.41, 5.74) is 5.73. The number of methoxy groups -OCH3 is 1. The molecule has 0 bridgehead atoms. The molecule has 2 rings (SSSR count). The molecule has 2 amide bonds. The van der Waals surface area contributed by atoms with Crippen molar-refractivity contribution >= 4 is 34.1 Å². The van der Waals surface area contributed by atoms with Gasteiger partial charge in [-0.25, -0.2) is 4.79 Å². The van der Waals surface area contributed by atoms with Crippen LogP contribution in [0, 0.1) is 0 Å². The Hall–Kier alpha value is -1.93. The first-order chi connectivity index (χ1) is 10.6. The zero-order valence-electron chi connectivity index (χ0n) is 12.3. The summed E-state index contributed by atoms with van der Waals surface area (Å²) in [5, 5.41) is 5.02. The third-order valence-electron chi connectivity index (χ3n) is 3.44. The number of hydrogen-bond donors (Lipinski definition) is 2. The predicted molar refractivity (Wildman–Crippen MR) is 82.8 cm³/mol. The first-order valence-electron chi connectivity index (χ1n) is 7.05. The van der Waals surface area contributed by atoms with E-state index in [0.29, 0.717) is 42.9 Å². The van der Waals surface area contributed by atoms with Gasteiger partial charge in [-0.05, 0) is 30.8 Å². The predicted octanol–water partition coefficient (Wildman–Crippen LogP) is 0.495. The number of carbonyl (C=O) groups is 3. The molecule has 2 heterocycles. The van der Waals surface area contributed by atoms with E-state index in [0.717, 1.165) is 0 Å². The molecule has 1 aromatic rings. The molecular formula is C14H19N3O4S. The van der Waals surface area contributed by atoms with E-state index in [9.17, 15) is 14.4 Å². The Bertz CT molecular complexity index is 572. The van der Waals surface area contributed by atoms with Crippen LogP contribution >= 0.6 is 11.3 Å². The van der Waals surface area contributed by atoms with Crippen LogP contribution in [0.15, 0.2) is 11.4 Å². The van der Waals surface area contributed by atoms with Crippen LogP contribution in [-0.2, 0) is 14.3 Å². The van der Waals surface area contributed by atoms with Gasteiger partial charge in [0, 0.05) is 13.0 Å². The lowest BCUT2D eigenvalue weighted by Gasteiger charge is -2.16. The number of hydrogen-bond acceptors (Lipinski definition) is 6. The highest BCUT2D eigenvalue weighted by molar-refractivity contribution is 7.14. The number of amides is 2. The number of thiophene rings is 1. The van der Waals surface area contributed by atoms with Gasteiger partial charge in [0.25, 0.3) is 0 Å². The van der Waals surface area contributed by atoms with E-state index in [1.165, 1.54) is 23.3 Å². The molecule has 1 fully saturated rings. The second-order valence-electron chi connectivity index (χ2n) is 4.92. The van der Waals surface area contributed by atoms with E-state index in [1.54, 1.807) is 11.4 Å². The molecule has 0 radical (unpaired) electrons. The van der Waals surface area contributed by atoms with Gasteiger partial charge in [-0.3, -0.25) is 9.59 Å². The first-order valence-corrected chi connectivity index (χ1v) is 7.93. The third kappa shape index (κ3) is 3.45. The van der Waals surface area contributed by atoms with Gasteiger partial charge in [0.1, 0.15) is 11.0 Å². The van der Waals surface area contributed by atoms with Crippen molar-refractivity contribution in [1.29, 1.82) is 0 Å². The molecule has 1 aromatic heterocycles. The van der Waals surface area contributed by atoms with Crippen LogP contribution < -0.4 is 16.0 Å². The highest BCUT2D eigenvalue weighted by Crippen LogP contribution is 2.31. The maximum absolute atomic E-state index is 12.4. The summed E-state index contributed by atoms with van der Waals surface area (Å²) in [7, 11) is 1.30. The van der Waals surface area contributed by atoms with Gasteiger partial charge in [0.15, 0.2) is 0 Å². The summed E-state index contributed by atoms with van der Waals surface area (Å²) in [6.45, 7) is 0.904. The quantitative estimate of drug-likeness (QED) is 0.741. The van der Waals surface area contributed by atoms with E-state index in [2.05, 4.69) is 5.32 Å². The number of nitrogens with two attached hydrogens (primary N) is 1. The number of nitrogens with one attached hydrogen (secondary N) is 1. The zero-order chi connectivity index (χ0) is 16.1. The van der Waals surface area contributed by atoms with E-state index in [4.69, 9.17) is 10.5 Å². The standard InChI is InChI=1S/C14H19N3O4S/c1-21-14(20)9-5-8-22-13(9)17-7-4-10(12(17)19)16-11(18)3-2-6-15/h5,8,10H,2-4,6-7,15H2,1H3,(H,16,18). The van der Waals surface area contributed by atoms with Gasteiger partial charge in [0.2, 0.25) is 11.8 Å². The van der Waals surface area contributed by atoms with Crippen LogP contribution in [0.1, 0.15) is 29.6 Å². The van der Waals surface area contributed by atoms with Gasteiger partial charge >= 0.3 is 5.97 Å². The minimum atomic E-state index is -0.544. The van der Waals surface area contributed by atoms with Crippen molar-refractivity contribution in [2.45, 2.75) is 25.3 Å². The lowest BCUT2D eigenvalue weighted by atomic mass is 10.2. The monoisotopic (exact) mass is 325 g/mol. The Balaban J connectivity index is 2.04. The molecular weight excluding hydrogens is 306 g/mol. The van der Waals surface area contributed by atoms with E-state index in [1.807, 2.05) is 0 Å². The highest BCUT2D eigenvalue weighted by Gasteiger charge is 2.36. The number of anilines is 1. The second kappa shape index (κ2) is 7.37. The van der Waals surface area contributed by atoms with Crippen LogP contribution in [0.25, 0.3) is 0 Å². The molecule has 0 aromatic carbocycles. The molecule has 1 saturated heterocycles. The van der Waals surface area contributed by atoms with Gasteiger partial charge in [0.05, 0.1) is 12.7 Å². The minimum absolute atomic E-state index is 0.176. The molecule has 1 atom stereocenters. The fourth-order valence-electron chi connectivity index (χ4n) is 2.32. The Morgan fingerprint density at radius 3 is 3.00 bits per heavy atom. The second-order valence-corrected chi connectivity index (χ2v) is 5.82. The number of nitrogens with zero attached hydrogens (tertiary/aromatic N) is 1. The fraction of sp³-hybridized carbons (Fsp3) is 0.500.